The highest BCUT2D eigenvalue weighted by molar-refractivity contribution is 5.96. The number of carbonyl (C=O) groups is 2. The molecule has 7 heteroatoms. The molecule has 0 bridgehead atoms. The largest absolute Gasteiger partial charge is 0.445 e. The van der Waals surface area contributed by atoms with Crippen LogP contribution in [0.1, 0.15) is 25.0 Å². The zero-order valence-corrected chi connectivity index (χ0v) is 20.3. The number of nitrogens with one attached hydrogen (secondary N) is 1. The number of rotatable bonds is 7. The summed E-state index contributed by atoms with van der Waals surface area (Å²) in [6, 6.07) is 22.7. The van der Waals surface area contributed by atoms with Crippen LogP contribution in [0.4, 0.5) is 4.79 Å². The molecular weight excluding hydrogens is 458 g/mol. The molecule has 1 N–H and O–H groups in total. The Bertz CT molecular complexity index is 1430. The molecule has 0 saturated heterocycles. The zero-order valence-electron chi connectivity index (χ0n) is 20.3. The molecule has 1 amide bonds. The average Bonchev–Trinajstić information content (AvgIpc) is 2.88. The summed E-state index contributed by atoms with van der Waals surface area (Å²) in [7, 11) is 0. The van der Waals surface area contributed by atoms with Gasteiger partial charge in [-0.1, -0.05) is 74.5 Å². The Labute approximate surface area is 208 Å². The van der Waals surface area contributed by atoms with Crippen molar-refractivity contribution in [3.05, 3.63) is 100 Å². The van der Waals surface area contributed by atoms with Crippen LogP contribution >= 0.6 is 0 Å². The van der Waals surface area contributed by atoms with Gasteiger partial charge < -0.3 is 19.2 Å². The van der Waals surface area contributed by atoms with Crippen LogP contribution in [0, 0.1) is 12.8 Å². The Morgan fingerprint density at radius 3 is 2.28 bits per heavy atom. The van der Waals surface area contributed by atoms with Crippen molar-refractivity contribution in [3.8, 4) is 16.9 Å². The van der Waals surface area contributed by atoms with E-state index in [9.17, 15) is 14.4 Å². The number of carbonyl (C=O) groups excluding carboxylic acids is 2. The lowest BCUT2D eigenvalue weighted by Gasteiger charge is -2.21. The smallest absolute Gasteiger partial charge is 0.408 e. The minimum atomic E-state index is -0.939. The van der Waals surface area contributed by atoms with E-state index in [1.165, 1.54) is 6.07 Å². The van der Waals surface area contributed by atoms with Gasteiger partial charge in [-0.2, -0.15) is 0 Å². The summed E-state index contributed by atoms with van der Waals surface area (Å²) in [5, 5.41) is 3.32. The van der Waals surface area contributed by atoms with Crippen molar-refractivity contribution >= 4 is 23.0 Å². The number of alkyl carbamates (subject to hydrolysis) is 1. The van der Waals surface area contributed by atoms with Crippen molar-refractivity contribution in [2.45, 2.75) is 33.4 Å². The van der Waals surface area contributed by atoms with E-state index >= 15 is 0 Å². The van der Waals surface area contributed by atoms with Crippen LogP contribution in [-0.4, -0.2) is 18.1 Å². The van der Waals surface area contributed by atoms with Gasteiger partial charge in [0.25, 0.3) is 0 Å². The number of benzene rings is 3. The molecular formula is C29H27NO6. The second-order valence-electron chi connectivity index (χ2n) is 8.76. The van der Waals surface area contributed by atoms with Gasteiger partial charge in [-0.3, -0.25) is 0 Å². The van der Waals surface area contributed by atoms with Gasteiger partial charge in [0.15, 0.2) is 0 Å². The number of amides is 1. The van der Waals surface area contributed by atoms with Gasteiger partial charge in [-0.15, -0.1) is 0 Å². The highest BCUT2D eigenvalue weighted by atomic mass is 16.6. The third-order valence-corrected chi connectivity index (χ3v) is 5.81. The standard InChI is InChI=1S/C29H27NO6/c1-18(2)26(30-29(33)34-17-20-10-6-4-7-11-20)28(32)35-24-15-14-22-23(21-12-8-5-9-13-21)16-25(31)36-27(22)19(24)3/h4-16,18,26H,17H2,1-3H3,(H,30,33). The summed E-state index contributed by atoms with van der Waals surface area (Å²) in [5.41, 5.74) is 2.77. The van der Waals surface area contributed by atoms with Gasteiger partial charge in [0, 0.05) is 17.0 Å². The molecule has 4 aromatic rings. The van der Waals surface area contributed by atoms with Crippen molar-refractivity contribution in [1.29, 1.82) is 0 Å². The molecule has 0 saturated carbocycles. The fraction of sp³-hybridized carbons (Fsp3) is 0.207. The fourth-order valence-corrected chi connectivity index (χ4v) is 3.87. The summed E-state index contributed by atoms with van der Waals surface area (Å²) in [5.74, 6) is -0.665. The Kier molecular flexibility index (Phi) is 7.49. The van der Waals surface area contributed by atoms with Crippen LogP contribution in [0.25, 0.3) is 22.1 Å². The highest BCUT2D eigenvalue weighted by Crippen LogP contribution is 2.33. The van der Waals surface area contributed by atoms with Gasteiger partial charge >= 0.3 is 17.7 Å². The average molecular weight is 486 g/mol. The minimum Gasteiger partial charge on any atom is -0.445 e. The maximum Gasteiger partial charge on any atom is 0.408 e. The molecule has 3 aromatic carbocycles. The van der Waals surface area contributed by atoms with Gasteiger partial charge in [-0.25, -0.2) is 14.4 Å². The Morgan fingerprint density at radius 1 is 0.944 bits per heavy atom. The molecule has 7 nitrogen and oxygen atoms in total. The van der Waals surface area contributed by atoms with E-state index in [1.807, 2.05) is 60.7 Å². The van der Waals surface area contributed by atoms with E-state index in [0.717, 1.165) is 22.1 Å². The van der Waals surface area contributed by atoms with E-state index in [2.05, 4.69) is 5.32 Å². The second-order valence-corrected chi connectivity index (χ2v) is 8.76. The number of fused-ring (bicyclic) bond motifs is 1. The summed E-state index contributed by atoms with van der Waals surface area (Å²) in [6.07, 6.45) is -0.719. The molecule has 1 atom stereocenters. The zero-order chi connectivity index (χ0) is 25.7. The predicted octanol–water partition coefficient (Wildman–Crippen LogP) is 5.62. The van der Waals surface area contributed by atoms with Crippen LogP contribution in [0.15, 0.2) is 88.1 Å². The quantitative estimate of drug-likeness (QED) is 0.207. The first-order chi connectivity index (χ1) is 17.3. The molecule has 36 heavy (non-hydrogen) atoms. The summed E-state index contributed by atoms with van der Waals surface area (Å²) in [6.45, 7) is 5.39. The van der Waals surface area contributed by atoms with E-state index in [0.29, 0.717) is 11.1 Å². The maximum absolute atomic E-state index is 13.0. The lowest BCUT2D eigenvalue weighted by atomic mass is 10.00. The Morgan fingerprint density at radius 2 is 1.61 bits per heavy atom. The molecule has 1 unspecified atom stereocenters. The van der Waals surface area contributed by atoms with Crippen LogP contribution in [0.2, 0.25) is 0 Å². The maximum atomic E-state index is 13.0. The predicted molar refractivity (Wildman–Crippen MR) is 137 cm³/mol. The van der Waals surface area contributed by atoms with Gasteiger partial charge in [0.2, 0.25) is 0 Å². The van der Waals surface area contributed by atoms with Crippen LogP contribution in [0.3, 0.4) is 0 Å². The molecule has 4 rings (SSSR count). The number of ether oxygens (including phenoxy) is 2. The first-order valence-electron chi connectivity index (χ1n) is 11.7. The van der Waals surface area contributed by atoms with Crippen LogP contribution in [-0.2, 0) is 16.1 Å². The van der Waals surface area contributed by atoms with Gasteiger partial charge in [0.05, 0.1) is 0 Å². The number of esters is 1. The summed E-state index contributed by atoms with van der Waals surface area (Å²) in [4.78, 5) is 37.7. The Balaban J connectivity index is 1.54. The van der Waals surface area contributed by atoms with Gasteiger partial charge in [-0.05, 0) is 41.7 Å². The highest BCUT2D eigenvalue weighted by Gasteiger charge is 2.28. The number of aryl methyl sites for hydroxylation is 1. The van der Waals surface area contributed by atoms with E-state index in [-0.39, 0.29) is 18.3 Å². The molecule has 0 aliphatic heterocycles. The second kappa shape index (κ2) is 10.9. The third kappa shape index (κ3) is 5.63. The van der Waals surface area contributed by atoms with Crippen molar-refractivity contribution in [3.63, 3.8) is 0 Å². The fourth-order valence-electron chi connectivity index (χ4n) is 3.87. The van der Waals surface area contributed by atoms with E-state index < -0.39 is 23.7 Å². The van der Waals surface area contributed by atoms with Crippen molar-refractivity contribution in [2.24, 2.45) is 5.92 Å². The first kappa shape index (κ1) is 24.7. The number of hydrogen-bond donors (Lipinski definition) is 1. The lowest BCUT2D eigenvalue weighted by molar-refractivity contribution is -0.137. The van der Waals surface area contributed by atoms with E-state index in [4.69, 9.17) is 13.9 Å². The summed E-state index contributed by atoms with van der Waals surface area (Å²) < 4.78 is 16.4. The lowest BCUT2D eigenvalue weighted by Crippen LogP contribution is -2.46. The molecule has 0 fully saturated rings. The van der Waals surface area contributed by atoms with Crippen LogP contribution in [0.5, 0.6) is 5.75 Å². The third-order valence-electron chi connectivity index (χ3n) is 5.81. The molecule has 0 aliphatic carbocycles. The topological polar surface area (TPSA) is 94.8 Å². The molecule has 1 heterocycles. The minimum absolute atomic E-state index is 0.0824. The molecule has 184 valence electrons. The first-order valence-corrected chi connectivity index (χ1v) is 11.7. The summed E-state index contributed by atoms with van der Waals surface area (Å²) >= 11 is 0. The SMILES string of the molecule is Cc1c(OC(=O)C(NC(=O)OCc2ccccc2)C(C)C)ccc2c(-c3ccccc3)cc(=O)oc12. The molecule has 0 spiro atoms. The van der Waals surface area contributed by atoms with Crippen LogP contribution < -0.4 is 15.7 Å². The molecule has 0 radical (unpaired) electrons. The molecule has 1 aromatic heterocycles. The molecule has 0 aliphatic rings. The van der Waals surface area contributed by atoms with Crippen molar-refractivity contribution in [2.75, 3.05) is 0 Å². The van der Waals surface area contributed by atoms with E-state index in [1.54, 1.807) is 32.9 Å². The monoisotopic (exact) mass is 485 g/mol. The van der Waals surface area contributed by atoms with Crippen molar-refractivity contribution in [1.82, 2.24) is 5.32 Å². The Hall–Kier alpha value is -4.39. The number of hydrogen-bond acceptors (Lipinski definition) is 6. The van der Waals surface area contributed by atoms with Gasteiger partial charge in [0.1, 0.15) is 24.0 Å². The normalized spacial score (nSPS) is 11.8. The van der Waals surface area contributed by atoms with Crippen molar-refractivity contribution < 1.29 is 23.5 Å².